The molecule has 0 saturated heterocycles. The molecule has 1 aliphatic carbocycles. The molecule has 0 unspecified atom stereocenters. The summed E-state index contributed by atoms with van der Waals surface area (Å²) in [5.74, 6) is 7.03. The summed E-state index contributed by atoms with van der Waals surface area (Å²) in [4.78, 5) is 17.9. The summed E-state index contributed by atoms with van der Waals surface area (Å²) < 4.78 is 2.49. The molecule has 0 spiro atoms. The molecule has 7 nitrogen and oxygen atoms in total. The topological polar surface area (TPSA) is 91.5 Å². The van der Waals surface area contributed by atoms with E-state index in [9.17, 15) is 4.79 Å². The van der Waals surface area contributed by atoms with Crippen molar-refractivity contribution in [3.8, 4) is 0 Å². The Morgan fingerprint density at radius 2 is 1.66 bits per heavy atom. The van der Waals surface area contributed by atoms with Crippen molar-refractivity contribution < 1.29 is 9.37 Å². The highest BCUT2D eigenvalue weighted by molar-refractivity contribution is 6.03. The van der Waals surface area contributed by atoms with Gasteiger partial charge in [-0.1, -0.05) is 81.8 Å². The van der Waals surface area contributed by atoms with Crippen LogP contribution in [0.2, 0.25) is 0 Å². The average molecular weight is 710 g/mol. The lowest BCUT2D eigenvalue weighted by molar-refractivity contribution is -0.437. The molecule has 2 aliphatic heterocycles. The van der Waals surface area contributed by atoms with E-state index in [2.05, 4.69) is 122 Å². The van der Waals surface area contributed by atoms with Crippen LogP contribution >= 0.6 is 0 Å². The Balaban J connectivity index is 1.44. The Labute approximate surface area is 316 Å². The first-order valence-electron chi connectivity index (χ1n) is 19.4. The third-order valence-corrected chi connectivity index (χ3v) is 11.1. The van der Waals surface area contributed by atoms with E-state index < -0.39 is 0 Å². The maximum atomic E-state index is 11.0. The number of aromatic nitrogens is 1. The van der Waals surface area contributed by atoms with Gasteiger partial charge in [0.2, 0.25) is 5.69 Å². The number of hydrazine groups is 1. The molecule has 0 amide bonds. The molecule has 4 N–H and O–H groups in total. The van der Waals surface area contributed by atoms with Gasteiger partial charge in [0.1, 0.15) is 12.8 Å². The van der Waals surface area contributed by atoms with Crippen molar-refractivity contribution in [1.82, 2.24) is 9.99 Å². The van der Waals surface area contributed by atoms with E-state index in [0.29, 0.717) is 17.8 Å². The number of hydrogen-bond acceptors (Lipinski definition) is 6. The highest BCUT2D eigenvalue weighted by Crippen LogP contribution is 2.48. The summed E-state index contributed by atoms with van der Waals surface area (Å²) >= 11 is 0. The molecule has 0 saturated carbocycles. The van der Waals surface area contributed by atoms with Crippen molar-refractivity contribution in [1.29, 1.82) is 0 Å². The van der Waals surface area contributed by atoms with Crippen LogP contribution < -0.4 is 16.5 Å². The average Bonchev–Trinajstić information content (AvgIpc) is 3.51. The first-order chi connectivity index (χ1) is 25.6. The maximum Gasteiger partial charge on any atom is 0.209 e. The fourth-order valence-electron chi connectivity index (χ4n) is 8.40. The summed E-state index contributed by atoms with van der Waals surface area (Å²) in [5, 5.41) is 1.72. The Morgan fingerprint density at radius 3 is 2.42 bits per heavy atom. The Kier molecular flexibility index (Phi) is 11.6. The van der Waals surface area contributed by atoms with E-state index in [1.54, 1.807) is 11.2 Å². The van der Waals surface area contributed by atoms with E-state index in [4.69, 9.17) is 11.6 Å². The number of carbonyl (C=O) groups excluding carboxylic acids is 1. The summed E-state index contributed by atoms with van der Waals surface area (Å²) in [6, 6.07) is 23.3. The smallest absolute Gasteiger partial charge is 0.209 e. The number of benzene rings is 2. The standard InChI is InChI=1S/C46H57N6O/c1-6-30-50-40-23-11-9-20-36(40)45(2,3)42(50)27-25-34-18-17-19-35(44(34)52(48)33-38(47)39-22-13-14-29-49-39)26-28-43-46(4,5)37-21-10-12-24-41(37)51(43)31-15-7-8-16-32-53/h9-14,20-29,32-33H,6-8,15-19,30-31,47-48H2,1-5H3/q+1/b38-33-. The number of unbranched alkanes of at least 4 members (excludes halogenated alkanes) is 3. The van der Waals surface area contributed by atoms with Crippen LogP contribution in [0.5, 0.6) is 0 Å². The van der Waals surface area contributed by atoms with Gasteiger partial charge in [-0.2, -0.15) is 4.58 Å². The largest absolute Gasteiger partial charge is 0.396 e. The predicted molar refractivity (Wildman–Crippen MR) is 220 cm³/mol. The van der Waals surface area contributed by atoms with Gasteiger partial charge in [-0.05, 0) is 86.9 Å². The number of hydrogen-bond donors (Lipinski definition) is 2. The summed E-state index contributed by atoms with van der Waals surface area (Å²) in [6.45, 7) is 13.4. The fourth-order valence-corrected chi connectivity index (χ4v) is 8.40. The molecule has 3 aromatic rings. The van der Waals surface area contributed by atoms with Crippen LogP contribution in [-0.2, 0) is 15.6 Å². The second kappa shape index (κ2) is 16.3. The molecule has 0 atom stereocenters. The second-order valence-corrected chi connectivity index (χ2v) is 15.5. The van der Waals surface area contributed by atoms with Gasteiger partial charge in [0, 0.05) is 66.3 Å². The molecule has 2 aromatic carbocycles. The molecule has 6 rings (SSSR count). The zero-order chi connectivity index (χ0) is 37.6. The van der Waals surface area contributed by atoms with Crippen molar-refractivity contribution in [2.24, 2.45) is 11.6 Å². The molecule has 1 aromatic heterocycles. The van der Waals surface area contributed by atoms with Crippen LogP contribution in [0.15, 0.2) is 126 Å². The zero-order valence-electron chi connectivity index (χ0n) is 32.3. The number of fused-ring (bicyclic) bond motifs is 2. The number of aldehydes is 1. The molecular formula is C46H57N6O+. The van der Waals surface area contributed by atoms with Crippen LogP contribution in [0.3, 0.4) is 0 Å². The van der Waals surface area contributed by atoms with Gasteiger partial charge >= 0.3 is 0 Å². The van der Waals surface area contributed by atoms with Gasteiger partial charge in [0.15, 0.2) is 5.71 Å². The minimum absolute atomic E-state index is 0.133. The minimum Gasteiger partial charge on any atom is -0.396 e. The predicted octanol–water partition coefficient (Wildman–Crippen LogP) is 9.36. The fraction of sp³-hybridized carbons (Fsp3) is 0.370. The number of rotatable bonds is 14. The molecule has 0 radical (unpaired) electrons. The monoisotopic (exact) mass is 709 g/mol. The van der Waals surface area contributed by atoms with Crippen LogP contribution in [0.4, 0.5) is 11.4 Å². The highest BCUT2D eigenvalue weighted by atomic mass is 16.1. The molecule has 0 fully saturated rings. The third-order valence-electron chi connectivity index (χ3n) is 11.1. The number of allylic oxidation sites excluding steroid dienone is 7. The van der Waals surface area contributed by atoms with E-state index in [0.717, 1.165) is 70.0 Å². The molecule has 276 valence electrons. The van der Waals surface area contributed by atoms with Gasteiger partial charge in [0.05, 0.1) is 22.5 Å². The lowest BCUT2D eigenvalue weighted by Crippen LogP contribution is -2.30. The minimum atomic E-state index is -0.175. The van der Waals surface area contributed by atoms with Gasteiger partial charge in [-0.15, -0.1) is 0 Å². The Hall–Kier alpha value is -5.01. The number of nitrogens with zero attached hydrogens (tertiary/aromatic N) is 4. The molecule has 53 heavy (non-hydrogen) atoms. The van der Waals surface area contributed by atoms with E-state index in [-0.39, 0.29) is 10.8 Å². The van der Waals surface area contributed by atoms with Gasteiger partial charge < -0.3 is 15.4 Å². The molecule has 3 heterocycles. The number of nitrogens with two attached hydrogens (primary N) is 2. The second-order valence-electron chi connectivity index (χ2n) is 15.5. The summed E-state index contributed by atoms with van der Waals surface area (Å²) in [5.41, 5.74) is 18.7. The number of anilines is 1. The Morgan fingerprint density at radius 1 is 0.906 bits per heavy atom. The van der Waals surface area contributed by atoms with Crippen LogP contribution in [0.1, 0.15) is 103 Å². The molecule has 7 heteroatoms. The first kappa shape index (κ1) is 37.7. The number of para-hydroxylation sites is 2. The van der Waals surface area contributed by atoms with Crippen LogP contribution in [-0.4, -0.2) is 39.7 Å². The van der Waals surface area contributed by atoms with Crippen molar-refractivity contribution >= 4 is 29.1 Å². The van der Waals surface area contributed by atoms with Gasteiger partial charge in [0.25, 0.3) is 0 Å². The van der Waals surface area contributed by atoms with Crippen LogP contribution in [0, 0.1) is 0 Å². The lowest BCUT2D eigenvalue weighted by Gasteiger charge is -2.29. The zero-order valence-corrected chi connectivity index (χ0v) is 32.3. The maximum absolute atomic E-state index is 11.0. The van der Waals surface area contributed by atoms with E-state index in [1.165, 1.54) is 45.1 Å². The van der Waals surface area contributed by atoms with E-state index in [1.807, 2.05) is 24.4 Å². The lowest BCUT2D eigenvalue weighted by atomic mass is 9.81. The van der Waals surface area contributed by atoms with Gasteiger partial charge in [-0.3, -0.25) is 9.99 Å². The Bertz CT molecular complexity index is 1990. The van der Waals surface area contributed by atoms with Crippen molar-refractivity contribution in [2.75, 3.05) is 18.0 Å². The first-order valence-corrected chi connectivity index (χ1v) is 19.4. The van der Waals surface area contributed by atoms with Crippen molar-refractivity contribution in [3.05, 3.63) is 143 Å². The molecular weight excluding hydrogens is 653 g/mol. The quantitative estimate of drug-likeness (QED) is 0.0570. The summed E-state index contributed by atoms with van der Waals surface area (Å²) in [6.07, 6.45) is 21.3. The van der Waals surface area contributed by atoms with Crippen LogP contribution in [0.25, 0.3) is 5.70 Å². The third kappa shape index (κ3) is 7.72. The van der Waals surface area contributed by atoms with Crippen molar-refractivity contribution in [2.45, 2.75) is 96.8 Å². The summed E-state index contributed by atoms with van der Waals surface area (Å²) in [7, 11) is 0. The SMILES string of the molecule is CCC[N+]1=C(/C=C/C2=C(N(N)/C=C(\N)c3ccccn3)C(=C/C=C3/N(CCCCCC=O)c4ccccc4C3(C)C)/CCC2)C(C)(C)c2ccccc21. The molecule has 0 bridgehead atoms. The normalized spacial score (nSPS) is 19.4. The number of pyridine rings is 1. The van der Waals surface area contributed by atoms with E-state index >= 15 is 0 Å². The van der Waals surface area contributed by atoms with Crippen molar-refractivity contribution in [3.63, 3.8) is 0 Å². The number of carbonyl (C=O) groups is 1. The highest BCUT2D eigenvalue weighted by Gasteiger charge is 2.44. The molecule has 3 aliphatic rings. The van der Waals surface area contributed by atoms with Gasteiger partial charge in [-0.25, -0.2) is 5.84 Å².